The maximum Gasteiger partial charge on any atom is 0.407 e. The molecule has 0 atom stereocenters. The Hall–Kier alpha value is -1.82. The molecule has 0 saturated heterocycles. The number of rotatable bonds is 5. The van der Waals surface area contributed by atoms with Crippen LogP contribution in [0.25, 0.3) is 6.08 Å². The van der Waals surface area contributed by atoms with Crippen LogP contribution in [-0.4, -0.2) is 31.9 Å². The molecule has 0 radical (unpaired) electrons. The molecule has 0 aromatic heterocycles. The maximum atomic E-state index is 12.1. The lowest BCUT2D eigenvalue weighted by atomic mass is 10.2. The molecule has 0 unspecified atom stereocenters. The molecule has 1 aromatic carbocycles. The van der Waals surface area contributed by atoms with E-state index in [1.54, 1.807) is 65.0 Å². The molecule has 0 fully saturated rings. The normalized spacial score (nSPS) is 12.6. The van der Waals surface area contributed by atoms with Gasteiger partial charge in [-0.05, 0) is 52.3 Å². The van der Waals surface area contributed by atoms with Crippen LogP contribution in [0, 0.1) is 0 Å². The van der Waals surface area contributed by atoms with Gasteiger partial charge in [-0.2, -0.15) is 0 Å². The average Bonchev–Trinajstić information content (AvgIpc) is 2.42. The highest BCUT2D eigenvalue weighted by Crippen LogP contribution is 2.17. The predicted octanol–water partition coefficient (Wildman–Crippen LogP) is 3.41. The second-order valence-electron chi connectivity index (χ2n) is 6.45. The molecular formula is C17H25NO4S. The van der Waals surface area contributed by atoms with E-state index in [0.717, 1.165) is 5.56 Å². The fraction of sp³-hybridized carbons (Fsp3) is 0.471. The van der Waals surface area contributed by atoms with E-state index in [9.17, 15) is 13.2 Å². The first-order valence-electron chi connectivity index (χ1n) is 7.50. The van der Waals surface area contributed by atoms with E-state index in [2.05, 4.69) is 5.32 Å². The summed E-state index contributed by atoms with van der Waals surface area (Å²) in [5.74, 6) is 0. The molecule has 23 heavy (non-hydrogen) atoms. The second-order valence-corrected chi connectivity index (χ2v) is 8.96. The first-order valence-corrected chi connectivity index (χ1v) is 9.04. The number of amides is 1. The Morgan fingerprint density at radius 3 is 2.52 bits per heavy atom. The van der Waals surface area contributed by atoms with Crippen molar-refractivity contribution in [2.75, 3.05) is 6.54 Å². The van der Waals surface area contributed by atoms with Crippen molar-refractivity contribution in [1.29, 1.82) is 0 Å². The molecule has 0 spiro atoms. The third-order valence-electron chi connectivity index (χ3n) is 2.88. The molecule has 1 aromatic rings. The van der Waals surface area contributed by atoms with Gasteiger partial charge in [0.15, 0.2) is 9.84 Å². The predicted molar refractivity (Wildman–Crippen MR) is 92.0 cm³/mol. The molecule has 1 N–H and O–H groups in total. The Morgan fingerprint density at radius 2 is 1.96 bits per heavy atom. The van der Waals surface area contributed by atoms with Gasteiger partial charge in [0, 0.05) is 6.54 Å². The number of hydrogen-bond donors (Lipinski definition) is 1. The van der Waals surface area contributed by atoms with Crippen LogP contribution in [0.1, 0.15) is 40.2 Å². The van der Waals surface area contributed by atoms with Crippen molar-refractivity contribution in [1.82, 2.24) is 5.32 Å². The van der Waals surface area contributed by atoms with Gasteiger partial charge in [-0.1, -0.05) is 24.3 Å². The van der Waals surface area contributed by atoms with Crippen molar-refractivity contribution in [3.8, 4) is 0 Å². The van der Waals surface area contributed by atoms with E-state index in [-0.39, 0.29) is 0 Å². The minimum Gasteiger partial charge on any atom is -0.444 e. The third-order valence-corrected chi connectivity index (χ3v) is 5.03. The third kappa shape index (κ3) is 6.44. The molecule has 1 amide bonds. The van der Waals surface area contributed by atoms with Crippen molar-refractivity contribution in [2.45, 2.75) is 50.4 Å². The smallest absolute Gasteiger partial charge is 0.407 e. The molecule has 128 valence electrons. The summed E-state index contributed by atoms with van der Waals surface area (Å²) in [6.45, 7) is 9.00. The van der Waals surface area contributed by atoms with Gasteiger partial charge in [-0.25, -0.2) is 13.2 Å². The molecule has 6 heteroatoms. The van der Waals surface area contributed by atoms with Gasteiger partial charge in [0.2, 0.25) is 0 Å². The zero-order valence-corrected chi connectivity index (χ0v) is 15.1. The standard InChI is InChI=1S/C17H25NO4S/c1-13(2)23(20,21)15-10-6-8-14(12-15)9-7-11-18-16(19)22-17(3,4)5/h6-10,12-13H,11H2,1-5H3,(H,18,19). The fourth-order valence-corrected chi connectivity index (χ4v) is 2.83. The Kier molecular flexibility index (Phi) is 6.38. The van der Waals surface area contributed by atoms with Gasteiger partial charge in [-0.15, -0.1) is 0 Å². The van der Waals surface area contributed by atoms with E-state index in [1.807, 2.05) is 6.07 Å². The molecule has 0 aliphatic rings. The zero-order valence-electron chi connectivity index (χ0n) is 14.3. The maximum absolute atomic E-state index is 12.1. The summed E-state index contributed by atoms with van der Waals surface area (Å²) in [5.41, 5.74) is 0.227. The van der Waals surface area contributed by atoms with Gasteiger partial charge in [0.25, 0.3) is 0 Å². The average molecular weight is 339 g/mol. The molecule has 0 heterocycles. The van der Waals surface area contributed by atoms with Gasteiger partial charge in [-0.3, -0.25) is 0 Å². The first-order chi connectivity index (χ1) is 10.5. The number of nitrogens with one attached hydrogen (secondary N) is 1. The number of benzene rings is 1. The van der Waals surface area contributed by atoms with Crippen molar-refractivity contribution in [3.63, 3.8) is 0 Å². The SMILES string of the molecule is CC(C)S(=O)(=O)c1cccc(C=CCNC(=O)OC(C)(C)C)c1. The van der Waals surface area contributed by atoms with Gasteiger partial charge in [0.1, 0.15) is 5.60 Å². The van der Waals surface area contributed by atoms with Crippen LogP contribution < -0.4 is 5.32 Å². The minimum absolute atomic E-state index is 0.301. The number of ether oxygens (including phenoxy) is 1. The Bertz CT molecular complexity index is 670. The molecule has 0 saturated carbocycles. The lowest BCUT2D eigenvalue weighted by Gasteiger charge is -2.19. The fourth-order valence-electron chi connectivity index (χ4n) is 1.72. The van der Waals surface area contributed by atoms with Crippen molar-refractivity contribution < 1.29 is 17.9 Å². The van der Waals surface area contributed by atoms with Gasteiger partial charge < -0.3 is 10.1 Å². The summed E-state index contributed by atoms with van der Waals surface area (Å²) < 4.78 is 29.4. The lowest BCUT2D eigenvalue weighted by Crippen LogP contribution is -2.32. The number of carbonyl (C=O) groups is 1. The van der Waals surface area contributed by atoms with Crippen LogP contribution in [0.5, 0.6) is 0 Å². The Balaban J connectivity index is 2.67. The van der Waals surface area contributed by atoms with Crippen LogP contribution in [0.3, 0.4) is 0 Å². The van der Waals surface area contributed by atoms with Crippen LogP contribution >= 0.6 is 0 Å². The van der Waals surface area contributed by atoms with Gasteiger partial charge in [0.05, 0.1) is 10.1 Å². The summed E-state index contributed by atoms with van der Waals surface area (Å²) in [5, 5.41) is 2.14. The topological polar surface area (TPSA) is 72.5 Å². The van der Waals surface area contributed by atoms with Crippen LogP contribution in [0.4, 0.5) is 4.79 Å². The van der Waals surface area contributed by atoms with Crippen molar-refractivity contribution in [2.24, 2.45) is 0 Å². The van der Waals surface area contributed by atoms with Crippen LogP contribution in [0.15, 0.2) is 35.2 Å². The summed E-state index contributed by atoms with van der Waals surface area (Å²) in [4.78, 5) is 11.8. The molecule has 0 aliphatic carbocycles. The molecular weight excluding hydrogens is 314 g/mol. The van der Waals surface area contributed by atoms with Crippen LogP contribution in [-0.2, 0) is 14.6 Å². The second kappa shape index (κ2) is 7.64. The molecule has 0 bridgehead atoms. The number of carbonyl (C=O) groups excluding carboxylic acids is 1. The summed E-state index contributed by atoms with van der Waals surface area (Å²) in [7, 11) is -3.29. The highest BCUT2D eigenvalue weighted by atomic mass is 32.2. The Morgan fingerprint density at radius 1 is 1.30 bits per heavy atom. The molecule has 1 rings (SSSR count). The zero-order chi connectivity index (χ0) is 17.7. The highest BCUT2D eigenvalue weighted by molar-refractivity contribution is 7.92. The number of hydrogen-bond acceptors (Lipinski definition) is 4. The Labute approximate surface area is 138 Å². The molecule has 5 nitrogen and oxygen atoms in total. The first kappa shape index (κ1) is 19.2. The number of alkyl carbamates (subject to hydrolysis) is 1. The largest absolute Gasteiger partial charge is 0.444 e. The molecule has 0 aliphatic heterocycles. The van der Waals surface area contributed by atoms with Crippen molar-refractivity contribution in [3.05, 3.63) is 35.9 Å². The lowest BCUT2D eigenvalue weighted by molar-refractivity contribution is 0.0534. The van der Waals surface area contributed by atoms with E-state index < -0.39 is 26.8 Å². The van der Waals surface area contributed by atoms with E-state index >= 15 is 0 Å². The quantitative estimate of drug-likeness (QED) is 0.892. The van der Waals surface area contributed by atoms with Crippen molar-refractivity contribution >= 4 is 22.0 Å². The van der Waals surface area contributed by atoms with E-state index in [0.29, 0.717) is 11.4 Å². The summed E-state index contributed by atoms with van der Waals surface area (Å²) >= 11 is 0. The summed E-state index contributed by atoms with van der Waals surface area (Å²) in [6.07, 6.45) is 3.01. The summed E-state index contributed by atoms with van der Waals surface area (Å²) in [6, 6.07) is 6.73. The number of sulfone groups is 1. The van der Waals surface area contributed by atoms with E-state index in [1.165, 1.54) is 0 Å². The van der Waals surface area contributed by atoms with E-state index in [4.69, 9.17) is 4.74 Å². The monoisotopic (exact) mass is 339 g/mol. The highest BCUT2D eigenvalue weighted by Gasteiger charge is 2.18. The minimum atomic E-state index is -3.29. The van der Waals surface area contributed by atoms with Crippen LogP contribution in [0.2, 0.25) is 0 Å². The van der Waals surface area contributed by atoms with Gasteiger partial charge >= 0.3 is 6.09 Å².